The Kier molecular flexibility index (Phi) is 2.75. The second-order valence-electron chi connectivity index (χ2n) is 3.95. The third-order valence-corrected chi connectivity index (χ3v) is 3.94. The van der Waals surface area contributed by atoms with Crippen LogP contribution < -0.4 is 0 Å². The van der Waals surface area contributed by atoms with E-state index in [9.17, 15) is 4.79 Å². The van der Waals surface area contributed by atoms with Crippen LogP contribution in [-0.2, 0) is 6.42 Å². The third-order valence-electron chi connectivity index (χ3n) is 2.75. The van der Waals surface area contributed by atoms with Gasteiger partial charge in [-0.15, -0.1) is 11.3 Å². The highest BCUT2D eigenvalue weighted by molar-refractivity contribution is 7.18. The Bertz CT molecular complexity index is 762. The molecule has 0 bridgehead atoms. The molecule has 0 spiro atoms. The van der Waals surface area contributed by atoms with E-state index in [-0.39, 0.29) is 5.69 Å². The molecule has 0 aliphatic heterocycles. The van der Waals surface area contributed by atoms with Gasteiger partial charge in [0.15, 0.2) is 5.69 Å². The number of aryl methyl sites for hydroxylation is 1. The van der Waals surface area contributed by atoms with Crippen LogP contribution in [0.5, 0.6) is 0 Å². The average Bonchev–Trinajstić information content (AvgIpc) is 3.04. The Labute approximate surface area is 112 Å². The Morgan fingerprint density at radius 3 is 2.95 bits per heavy atom. The van der Waals surface area contributed by atoms with E-state index < -0.39 is 5.97 Å². The molecule has 0 fully saturated rings. The summed E-state index contributed by atoms with van der Waals surface area (Å²) in [6, 6.07) is 2.04. The fourth-order valence-electron chi connectivity index (χ4n) is 1.82. The fraction of sp³-hybridized carbons (Fsp3) is 0.167. The molecule has 7 heteroatoms. The Balaban J connectivity index is 2.17. The van der Waals surface area contributed by atoms with Gasteiger partial charge in [-0.3, -0.25) is 4.57 Å². The van der Waals surface area contributed by atoms with E-state index in [1.165, 1.54) is 23.7 Å². The van der Waals surface area contributed by atoms with Crippen LogP contribution in [0.4, 0.5) is 0 Å². The van der Waals surface area contributed by atoms with Crippen molar-refractivity contribution in [1.82, 2.24) is 19.5 Å². The van der Waals surface area contributed by atoms with Gasteiger partial charge in [-0.05, 0) is 12.5 Å². The van der Waals surface area contributed by atoms with Gasteiger partial charge in [0.1, 0.15) is 23.3 Å². The molecule has 3 heterocycles. The van der Waals surface area contributed by atoms with Gasteiger partial charge in [0.25, 0.3) is 0 Å². The summed E-state index contributed by atoms with van der Waals surface area (Å²) in [6.07, 6.45) is 5.32. The molecular weight excluding hydrogens is 264 g/mol. The van der Waals surface area contributed by atoms with Crippen molar-refractivity contribution in [3.63, 3.8) is 0 Å². The lowest BCUT2D eigenvalue weighted by molar-refractivity contribution is 0.0691. The lowest BCUT2D eigenvalue weighted by atomic mass is 10.3. The van der Waals surface area contributed by atoms with Crippen molar-refractivity contribution in [3.8, 4) is 5.82 Å². The lowest BCUT2D eigenvalue weighted by Crippen LogP contribution is -1.97. The fourth-order valence-corrected chi connectivity index (χ4v) is 2.75. The summed E-state index contributed by atoms with van der Waals surface area (Å²) in [4.78, 5) is 25.3. The number of aromatic carboxylic acids is 1. The first-order chi connectivity index (χ1) is 9.19. The maximum absolute atomic E-state index is 10.9. The summed E-state index contributed by atoms with van der Waals surface area (Å²) in [7, 11) is 0. The molecule has 0 radical (unpaired) electrons. The van der Waals surface area contributed by atoms with Gasteiger partial charge >= 0.3 is 5.97 Å². The summed E-state index contributed by atoms with van der Waals surface area (Å²) in [5.74, 6) is -0.399. The van der Waals surface area contributed by atoms with Crippen LogP contribution in [-0.4, -0.2) is 30.6 Å². The number of aromatic nitrogens is 4. The summed E-state index contributed by atoms with van der Waals surface area (Å²) >= 11 is 1.62. The van der Waals surface area contributed by atoms with E-state index in [2.05, 4.69) is 21.9 Å². The molecule has 19 heavy (non-hydrogen) atoms. The molecule has 1 N–H and O–H groups in total. The molecule has 0 aliphatic rings. The van der Waals surface area contributed by atoms with Gasteiger partial charge < -0.3 is 5.11 Å². The Morgan fingerprint density at radius 2 is 2.26 bits per heavy atom. The first-order valence-corrected chi connectivity index (χ1v) is 6.51. The number of fused-ring (bicyclic) bond motifs is 1. The zero-order valence-corrected chi connectivity index (χ0v) is 10.9. The minimum absolute atomic E-state index is 0.00212. The molecule has 0 amide bonds. The van der Waals surface area contributed by atoms with Crippen molar-refractivity contribution in [1.29, 1.82) is 0 Å². The number of carboxylic acid groups (broad SMARTS) is 1. The van der Waals surface area contributed by atoms with E-state index in [1.54, 1.807) is 15.9 Å². The quantitative estimate of drug-likeness (QED) is 0.791. The van der Waals surface area contributed by atoms with Crippen LogP contribution in [0.25, 0.3) is 16.0 Å². The third kappa shape index (κ3) is 1.97. The predicted octanol–water partition coefficient (Wildman–Crippen LogP) is 2.14. The zero-order chi connectivity index (χ0) is 13.4. The lowest BCUT2D eigenvalue weighted by Gasteiger charge is -2.00. The number of hydrogen-bond donors (Lipinski definition) is 1. The number of carboxylic acids is 1. The van der Waals surface area contributed by atoms with Gasteiger partial charge in [0.05, 0.1) is 5.39 Å². The monoisotopic (exact) mass is 274 g/mol. The van der Waals surface area contributed by atoms with E-state index in [4.69, 9.17) is 5.11 Å². The molecule has 0 saturated heterocycles. The average molecular weight is 274 g/mol. The Morgan fingerprint density at radius 1 is 1.42 bits per heavy atom. The molecule has 0 saturated carbocycles. The van der Waals surface area contributed by atoms with E-state index in [0.717, 1.165) is 16.6 Å². The van der Waals surface area contributed by atoms with Crippen LogP contribution in [0, 0.1) is 0 Å². The highest BCUT2D eigenvalue weighted by Gasteiger charge is 2.12. The number of imidazole rings is 1. The van der Waals surface area contributed by atoms with Crippen molar-refractivity contribution in [2.45, 2.75) is 13.3 Å². The largest absolute Gasteiger partial charge is 0.476 e. The predicted molar refractivity (Wildman–Crippen MR) is 70.9 cm³/mol. The van der Waals surface area contributed by atoms with E-state index >= 15 is 0 Å². The molecule has 96 valence electrons. The molecule has 0 aliphatic carbocycles. The van der Waals surface area contributed by atoms with Crippen LogP contribution in [0.2, 0.25) is 0 Å². The van der Waals surface area contributed by atoms with Crippen LogP contribution >= 0.6 is 11.3 Å². The topological polar surface area (TPSA) is 80.9 Å². The smallest absolute Gasteiger partial charge is 0.356 e. The van der Waals surface area contributed by atoms with Crippen molar-refractivity contribution < 1.29 is 9.90 Å². The number of nitrogens with zero attached hydrogens (tertiary/aromatic N) is 4. The maximum atomic E-state index is 10.9. The number of thiophene rings is 1. The molecule has 3 aromatic heterocycles. The minimum atomic E-state index is -1.05. The second-order valence-corrected chi connectivity index (χ2v) is 5.07. The van der Waals surface area contributed by atoms with Gasteiger partial charge in [-0.25, -0.2) is 19.7 Å². The van der Waals surface area contributed by atoms with E-state index in [0.29, 0.717) is 5.82 Å². The zero-order valence-electron chi connectivity index (χ0n) is 10.1. The number of hydrogen-bond acceptors (Lipinski definition) is 5. The van der Waals surface area contributed by atoms with Crippen molar-refractivity contribution in [2.24, 2.45) is 0 Å². The van der Waals surface area contributed by atoms with Crippen LogP contribution in [0.3, 0.4) is 0 Å². The number of carbonyl (C=O) groups is 1. The highest BCUT2D eigenvalue weighted by atomic mass is 32.1. The molecular formula is C12H10N4O2S. The van der Waals surface area contributed by atoms with Crippen molar-refractivity contribution in [2.75, 3.05) is 0 Å². The maximum Gasteiger partial charge on any atom is 0.356 e. The van der Waals surface area contributed by atoms with Gasteiger partial charge in [0.2, 0.25) is 0 Å². The molecule has 0 unspecified atom stereocenters. The first-order valence-electron chi connectivity index (χ1n) is 5.70. The molecule has 3 rings (SSSR count). The molecule has 6 nitrogen and oxygen atoms in total. The summed E-state index contributed by atoms with van der Waals surface area (Å²) in [6.45, 7) is 2.08. The number of rotatable bonds is 3. The minimum Gasteiger partial charge on any atom is -0.476 e. The SMILES string of the molecule is CCc1cc2c(-n3cnc(C(=O)O)c3)ncnc2s1. The van der Waals surface area contributed by atoms with Crippen LogP contribution in [0.1, 0.15) is 22.3 Å². The molecule has 0 atom stereocenters. The first kappa shape index (κ1) is 11.8. The van der Waals surface area contributed by atoms with Gasteiger partial charge in [0, 0.05) is 11.1 Å². The van der Waals surface area contributed by atoms with E-state index in [1.807, 2.05) is 6.07 Å². The standard InChI is InChI=1S/C12H10N4O2S/c1-2-7-3-8-10(13-5-14-11(8)19-7)16-4-9(12(17)18)15-6-16/h3-6H,2H2,1H3,(H,17,18). The summed E-state index contributed by atoms with van der Waals surface area (Å²) < 4.78 is 1.61. The van der Waals surface area contributed by atoms with Crippen molar-refractivity contribution in [3.05, 3.63) is 35.5 Å². The van der Waals surface area contributed by atoms with Gasteiger partial charge in [-0.2, -0.15) is 0 Å². The normalized spacial score (nSPS) is 11.0. The highest BCUT2D eigenvalue weighted by Crippen LogP contribution is 2.27. The van der Waals surface area contributed by atoms with Gasteiger partial charge in [-0.1, -0.05) is 6.92 Å². The second kappa shape index (κ2) is 4.43. The van der Waals surface area contributed by atoms with Crippen molar-refractivity contribution >= 4 is 27.5 Å². The molecule has 0 aromatic carbocycles. The Hall–Kier alpha value is -2.28. The summed E-state index contributed by atoms with van der Waals surface area (Å²) in [5, 5.41) is 9.81. The van der Waals surface area contributed by atoms with Crippen LogP contribution in [0.15, 0.2) is 24.9 Å². The molecule has 3 aromatic rings. The summed E-state index contributed by atoms with van der Waals surface area (Å²) in [5.41, 5.74) is -0.00212.